The second-order valence-corrected chi connectivity index (χ2v) is 5.59. The van der Waals surface area contributed by atoms with E-state index in [0.717, 1.165) is 22.2 Å². The van der Waals surface area contributed by atoms with E-state index in [2.05, 4.69) is 15.1 Å². The summed E-state index contributed by atoms with van der Waals surface area (Å²) in [5.41, 5.74) is 9.97. The molecule has 120 valence electrons. The predicted molar refractivity (Wildman–Crippen MR) is 92.8 cm³/mol. The van der Waals surface area contributed by atoms with E-state index in [-0.39, 0.29) is 5.82 Å². The number of aromatic nitrogens is 4. The smallest absolute Gasteiger partial charge is 0.150 e. The summed E-state index contributed by atoms with van der Waals surface area (Å²) in [7, 11) is 0. The number of halogens is 1. The summed E-state index contributed by atoms with van der Waals surface area (Å²) in [6, 6.07) is 9.26. The van der Waals surface area contributed by atoms with Gasteiger partial charge in [0.25, 0.3) is 0 Å². The number of nitrogens with zero attached hydrogens (tertiary/aromatic N) is 3. The third-order valence-corrected chi connectivity index (χ3v) is 4.08. The standard InChI is InChI=1S/C18H16FN5/c1-2-24-10-14(17(23-24)11-3-5-12(20)6-4-11)16-13-7-8-21-18(13)22-9-15(16)19/h3-10H,2,20H2,1H3,(H,21,22). The minimum atomic E-state index is -0.366. The lowest BCUT2D eigenvalue weighted by molar-refractivity contribution is 0.627. The lowest BCUT2D eigenvalue weighted by Crippen LogP contribution is -1.93. The highest BCUT2D eigenvalue weighted by Gasteiger charge is 2.19. The first-order valence-electron chi connectivity index (χ1n) is 7.72. The van der Waals surface area contributed by atoms with Gasteiger partial charge in [-0.3, -0.25) is 4.68 Å². The molecule has 0 unspecified atom stereocenters. The van der Waals surface area contributed by atoms with Crippen LogP contribution >= 0.6 is 0 Å². The van der Waals surface area contributed by atoms with Crippen LogP contribution in [0.25, 0.3) is 33.4 Å². The second-order valence-electron chi connectivity index (χ2n) is 5.59. The largest absolute Gasteiger partial charge is 0.399 e. The van der Waals surface area contributed by atoms with E-state index in [1.165, 1.54) is 6.20 Å². The molecule has 0 spiro atoms. The average Bonchev–Trinajstić information content (AvgIpc) is 3.22. The molecule has 24 heavy (non-hydrogen) atoms. The maximum absolute atomic E-state index is 14.6. The maximum Gasteiger partial charge on any atom is 0.150 e. The first-order valence-corrected chi connectivity index (χ1v) is 7.72. The molecule has 3 heterocycles. The summed E-state index contributed by atoms with van der Waals surface area (Å²) >= 11 is 0. The van der Waals surface area contributed by atoms with E-state index in [4.69, 9.17) is 5.73 Å². The molecule has 0 bridgehead atoms. The number of hydrogen-bond acceptors (Lipinski definition) is 3. The second kappa shape index (κ2) is 5.49. The van der Waals surface area contributed by atoms with Crippen molar-refractivity contribution in [2.75, 3.05) is 5.73 Å². The van der Waals surface area contributed by atoms with Crippen LogP contribution in [0.5, 0.6) is 0 Å². The Morgan fingerprint density at radius 3 is 2.75 bits per heavy atom. The Bertz CT molecular complexity index is 1010. The summed E-state index contributed by atoms with van der Waals surface area (Å²) in [6.45, 7) is 2.70. The van der Waals surface area contributed by atoms with E-state index >= 15 is 0 Å². The summed E-state index contributed by atoms with van der Waals surface area (Å²) < 4.78 is 16.4. The van der Waals surface area contributed by atoms with Crippen LogP contribution in [0.1, 0.15) is 6.92 Å². The van der Waals surface area contributed by atoms with Crippen molar-refractivity contribution in [3.8, 4) is 22.4 Å². The molecule has 4 aromatic rings. The van der Waals surface area contributed by atoms with Crippen molar-refractivity contribution in [2.24, 2.45) is 0 Å². The molecule has 3 aromatic heterocycles. The van der Waals surface area contributed by atoms with Crippen molar-refractivity contribution >= 4 is 16.7 Å². The van der Waals surface area contributed by atoms with Crippen LogP contribution in [0.3, 0.4) is 0 Å². The SMILES string of the molecule is CCn1cc(-c2c(F)cnc3[nH]ccc23)c(-c2ccc(N)cc2)n1. The lowest BCUT2D eigenvalue weighted by atomic mass is 10.00. The van der Waals surface area contributed by atoms with E-state index in [9.17, 15) is 4.39 Å². The van der Waals surface area contributed by atoms with Gasteiger partial charge >= 0.3 is 0 Å². The predicted octanol–water partition coefficient (Wildman–Crippen LogP) is 3.83. The van der Waals surface area contributed by atoms with E-state index in [1.807, 2.05) is 43.5 Å². The zero-order valence-corrected chi connectivity index (χ0v) is 13.1. The Balaban J connectivity index is 2.01. The Morgan fingerprint density at radius 1 is 1.21 bits per heavy atom. The van der Waals surface area contributed by atoms with Crippen LogP contribution < -0.4 is 5.73 Å². The number of nitrogen functional groups attached to an aromatic ring is 1. The topological polar surface area (TPSA) is 72.5 Å². The number of hydrogen-bond donors (Lipinski definition) is 2. The molecule has 0 aliphatic rings. The molecule has 6 heteroatoms. The fraction of sp³-hybridized carbons (Fsp3) is 0.111. The van der Waals surface area contributed by atoms with Crippen LogP contribution in [0.15, 0.2) is 48.9 Å². The number of H-pyrrole nitrogens is 1. The van der Waals surface area contributed by atoms with Gasteiger partial charge in [-0.1, -0.05) is 12.1 Å². The first kappa shape index (κ1) is 14.4. The Hall–Kier alpha value is -3.15. The number of nitrogens with two attached hydrogens (primary N) is 1. The maximum atomic E-state index is 14.6. The van der Waals surface area contributed by atoms with E-state index in [1.54, 1.807) is 10.9 Å². The Morgan fingerprint density at radius 2 is 2.00 bits per heavy atom. The molecule has 3 N–H and O–H groups in total. The van der Waals surface area contributed by atoms with Crippen molar-refractivity contribution in [2.45, 2.75) is 13.5 Å². The number of pyridine rings is 1. The molecule has 0 saturated heterocycles. The van der Waals surface area contributed by atoms with Crippen LogP contribution in [0, 0.1) is 5.82 Å². The van der Waals surface area contributed by atoms with E-state index in [0.29, 0.717) is 23.4 Å². The number of aromatic amines is 1. The minimum absolute atomic E-state index is 0.366. The van der Waals surface area contributed by atoms with Gasteiger partial charge in [0.15, 0.2) is 0 Å². The molecular formula is C18H16FN5. The number of fused-ring (bicyclic) bond motifs is 1. The molecule has 0 radical (unpaired) electrons. The highest BCUT2D eigenvalue weighted by Crippen LogP contribution is 2.36. The van der Waals surface area contributed by atoms with Gasteiger partial charge in [0.1, 0.15) is 17.2 Å². The average molecular weight is 321 g/mol. The highest BCUT2D eigenvalue weighted by atomic mass is 19.1. The molecule has 0 atom stereocenters. The number of rotatable bonds is 3. The molecule has 0 aliphatic carbocycles. The van der Waals surface area contributed by atoms with Gasteiger partial charge in [0, 0.05) is 46.7 Å². The van der Waals surface area contributed by atoms with E-state index < -0.39 is 0 Å². The van der Waals surface area contributed by atoms with Gasteiger partial charge < -0.3 is 10.7 Å². The third kappa shape index (κ3) is 2.23. The van der Waals surface area contributed by atoms with Gasteiger partial charge in [-0.2, -0.15) is 5.10 Å². The van der Waals surface area contributed by atoms with Crippen LogP contribution in [-0.2, 0) is 6.54 Å². The quantitative estimate of drug-likeness (QED) is 0.563. The fourth-order valence-electron chi connectivity index (χ4n) is 2.88. The highest BCUT2D eigenvalue weighted by molar-refractivity contribution is 5.97. The fourth-order valence-corrected chi connectivity index (χ4v) is 2.88. The Kier molecular flexibility index (Phi) is 3.30. The molecule has 0 amide bonds. The summed E-state index contributed by atoms with van der Waals surface area (Å²) in [4.78, 5) is 7.12. The lowest BCUT2D eigenvalue weighted by Gasteiger charge is -2.06. The summed E-state index contributed by atoms with van der Waals surface area (Å²) in [6.07, 6.45) is 4.87. The molecule has 0 fully saturated rings. The van der Waals surface area contributed by atoms with Gasteiger partial charge in [-0.25, -0.2) is 9.37 Å². The molecule has 4 rings (SSSR count). The van der Waals surface area contributed by atoms with Crippen molar-refractivity contribution < 1.29 is 4.39 Å². The van der Waals surface area contributed by atoms with Gasteiger partial charge in [-0.15, -0.1) is 0 Å². The summed E-state index contributed by atoms with van der Waals surface area (Å²) in [5.74, 6) is -0.366. The van der Waals surface area contributed by atoms with Gasteiger partial charge in [0.2, 0.25) is 0 Å². The monoisotopic (exact) mass is 321 g/mol. The van der Waals surface area contributed by atoms with Gasteiger partial charge in [-0.05, 0) is 25.1 Å². The zero-order chi connectivity index (χ0) is 16.7. The number of aryl methyl sites for hydroxylation is 1. The van der Waals surface area contributed by atoms with Crippen LogP contribution in [0.4, 0.5) is 10.1 Å². The van der Waals surface area contributed by atoms with Crippen molar-refractivity contribution in [1.29, 1.82) is 0 Å². The van der Waals surface area contributed by atoms with Crippen LogP contribution in [-0.4, -0.2) is 19.7 Å². The third-order valence-electron chi connectivity index (χ3n) is 4.08. The molecule has 0 saturated carbocycles. The first-order chi connectivity index (χ1) is 11.7. The number of nitrogens with one attached hydrogen (secondary N) is 1. The normalized spacial score (nSPS) is 11.2. The number of anilines is 1. The molecule has 5 nitrogen and oxygen atoms in total. The van der Waals surface area contributed by atoms with Crippen molar-refractivity contribution in [1.82, 2.24) is 19.7 Å². The van der Waals surface area contributed by atoms with Crippen molar-refractivity contribution in [3.63, 3.8) is 0 Å². The number of benzene rings is 1. The minimum Gasteiger partial charge on any atom is -0.399 e. The molecular weight excluding hydrogens is 305 g/mol. The molecule has 0 aliphatic heterocycles. The van der Waals surface area contributed by atoms with Crippen LogP contribution in [0.2, 0.25) is 0 Å². The molecule has 1 aromatic carbocycles. The van der Waals surface area contributed by atoms with Crippen molar-refractivity contribution in [3.05, 3.63) is 54.7 Å². The summed E-state index contributed by atoms with van der Waals surface area (Å²) in [5, 5.41) is 5.35. The zero-order valence-electron chi connectivity index (χ0n) is 13.1. The van der Waals surface area contributed by atoms with Gasteiger partial charge in [0.05, 0.1) is 6.20 Å². The Labute approximate surface area is 137 Å².